The Morgan fingerprint density at radius 3 is 2.79 bits per heavy atom. The SMILES string of the molecule is O=C(O)C1CC1c1c(F)cccc1Cl. The second-order valence-corrected chi connectivity index (χ2v) is 3.83. The van der Waals surface area contributed by atoms with Gasteiger partial charge in [0.25, 0.3) is 0 Å². The Labute approximate surface area is 85.3 Å². The van der Waals surface area contributed by atoms with Gasteiger partial charge in [-0.25, -0.2) is 4.39 Å². The van der Waals surface area contributed by atoms with Gasteiger partial charge in [0.15, 0.2) is 0 Å². The molecule has 1 fully saturated rings. The molecule has 2 atom stereocenters. The normalized spacial score (nSPS) is 24.7. The van der Waals surface area contributed by atoms with Crippen molar-refractivity contribution in [3.63, 3.8) is 0 Å². The van der Waals surface area contributed by atoms with Crippen LogP contribution in [0.4, 0.5) is 4.39 Å². The van der Waals surface area contributed by atoms with Crippen molar-refractivity contribution in [2.24, 2.45) is 5.92 Å². The molecule has 1 aromatic carbocycles. The fourth-order valence-electron chi connectivity index (χ4n) is 1.65. The van der Waals surface area contributed by atoms with Gasteiger partial charge in [0.2, 0.25) is 0 Å². The van der Waals surface area contributed by atoms with E-state index >= 15 is 0 Å². The Morgan fingerprint density at radius 2 is 2.29 bits per heavy atom. The predicted molar refractivity (Wildman–Crippen MR) is 49.9 cm³/mol. The van der Waals surface area contributed by atoms with Crippen LogP contribution in [0.3, 0.4) is 0 Å². The maximum atomic E-state index is 13.3. The van der Waals surface area contributed by atoms with Crippen LogP contribution >= 0.6 is 11.6 Å². The fraction of sp³-hybridized carbons (Fsp3) is 0.300. The molecule has 0 spiro atoms. The average Bonchev–Trinajstić information content (AvgIpc) is 2.83. The second kappa shape index (κ2) is 3.24. The summed E-state index contributed by atoms with van der Waals surface area (Å²) in [6.45, 7) is 0. The largest absolute Gasteiger partial charge is 0.481 e. The quantitative estimate of drug-likeness (QED) is 0.822. The number of benzene rings is 1. The molecule has 74 valence electrons. The molecule has 2 nitrogen and oxygen atoms in total. The standard InChI is InChI=1S/C10H8ClFO2/c11-7-2-1-3-8(12)9(7)5-4-6(5)10(13)14/h1-3,5-6H,4H2,(H,13,14). The topological polar surface area (TPSA) is 37.3 Å². The monoisotopic (exact) mass is 214 g/mol. The van der Waals surface area contributed by atoms with Crippen molar-refractivity contribution in [3.05, 3.63) is 34.6 Å². The average molecular weight is 215 g/mol. The van der Waals surface area contributed by atoms with E-state index in [1.807, 2.05) is 0 Å². The summed E-state index contributed by atoms with van der Waals surface area (Å²) in [6, 6.07) is 4.40. The maximum absolute atomic E-state index is 13.3. The lowest BCUT2D eigenvalue weighted by atomic mass is 10.1. The van der Waals surface area contributed by atoms with E-state index in [0.29, 0.717) is 17.0 Å². The van der Waals surface area contributed by atoms with Gasteiger partial charge < -0.3 is 5.11 Å². The third-order valence-corrected chi connectivity index (χ3v) is 2.81. The summed E-state index contributed by atoms with van der Waals surface area (Å²) in [4.78, 5) is 10.6. The van der Waals surface area contributed by atoms with Crippen LogP contribution in [0.1, 0.15) is 17.9 Å². The molecule has 0 radical (unpaired) electrons. The second-order valence-electron chi connectivity index (χ2n) is 3.42. The first kappa shape index (κ1) is 9.46. The van der Waals surface area contributed by atoms with E-state index in [4.69, 9.17) is 16.7 Å². The van der Waals surface area contributed by atoms with Crippen molar-refractivity contribution in [2.75, 3.05) is 0 Å². The van der Waals surface area contributed by atoms with Crippen LogP contribution in [-0.4, -0.2) is 11.1 Å². The molecule has 1 saturated carbocycles. The van der Waals surface area contributed by atoms with E-state index in [9.17, 15) is 9.18 Å². The van der Waals surface area contributed by atoms with Crippen LogP contribution in [-0.2, 0) is 4.79 Å². The summed E-state index contributed by atoms with van der Waals surface area (Å²) in [7, 11) is 0. The van der Waals surface area contributed by atoms with Crippen molar-refractivity contribution >= 4 is 17.6 Å². The number of hydrogen-bond donors (Lipinski definition) is 1. The van der Waals surface area contributed by atoms with Crippen LogP contribution in [0, 0.1) is 11.7 Å². The number of carbonyl (C=O) groups is 1. The number of rotatable bonds is 2. The molecule has 0 heterocycles. The van der Waals surface area contributed by atoms with Crippen LogP contribution in [0.2, 0.25) is 5.02 Å². The Bertz CT molecular complexity index is 371. The van der Waals surface area contributed by atoms with Gasteiger partial charge in [0, 0.05) is 16.5 Å². The highest BCUT2D eigenvalue weighted by atomic mass is 35.5. The Morgan fingerprint density at radius 1 is 1.57 bits per heavy atom. The summed E-state index contributed by atoms with van der Waals surface area (Å²) in [5.74, 6) is -2.01. The molecule has 1 N–H and O–H groups in total. The van der Waals surface area contributed by atoms with Gasteiger partial charge in [-0.15, -0.1) is 0 Å². The lowest BCUT2D eigenvalue weighted by molar-refractivity contribution is -0.138. The zero-order valence-electron chi connectivity index (χ0n) is 7.21. The molecule has 1 aromatic rings. The molecule has 2 unspecified atom stereocenters. The summed E-state index contributed by atoms with van der Waals surface area (Å²) < 4.78 is 13.3. The molecule has 0 saturated heterocycles. The third kappa shape index (κ3) is 1.48. The van der Waals surface area contributed by atoms with Crippen LogP contribution in [0.5, 0.6) is 0 Å². The van der Waals surface area contributed by atoms with E-state index in [0.717, 1.165) is 0 Å². The van der Waals surface area contributed by atoms with Crippen molar-refractivity contribution in [2.45, 2.75) is 12.3 Å². The summed E-state index contributed by atoms with van der Waals surface area (Å²) in [6.07, 6.45) is 0.482. The lowest BCUT2D eigenvalue weighted by Gasteiger charge is -2.03. The Balaban J connectivity index is 2.31. The number of carboxylic acid groups (broad SMARTS) is 1. The molecule has 1 aliphatic rings. The first-order chi connectivity index (χ1) is 6.61. The molecular weight excluding hydrogens is 207 g/mol. The molecule has 0 bridgehead atoms. The van der Waals surface area contributed by atoms with Crippen molar-refractivity contribution in [3.8, 4) is 0 Å². The number of hydrogen-bond acceptors (Lipinski definition) is 1. The first-order valence-corrected chi connectivity index (χ1v) is 4.65. The first-order valence-electron chi connectivity index (χ1n) is 4.28. The Hall–Kier alpha value is -1.09. The number of aliphatic carboxylic acids is 1. The van der Waals surface area contributed by atoms with Gasteiger partial charge in [-0.05, 0) is 18.6 Å². The summed E-state index contributed by atoms with van der Waals surface area (Å²) in [5.41, 5.74) is 0.349. The number of carboxylic acids is 1. The minimum Gasteiger partial charge on any atom is -0.481 e. The van der Waals surface area contributed by atoms with Crippen LogP contribution in [0.25, 0.3) is 0 Å². The van der Waals surface area contributed by atoms with Gasteiger partial charge >= 0.3 is 5.97 Å². The fourth-order valence-corrected chi connectivity index (χ4v) is 1.96. The van der Waals surface area contributed by atoms with E-state index < -0.39 is 17.7 Å². The van der Waals surface area contributed by atoms with Gasteiger partial charge in [0.05, 0.1) is 5.92 Å². The minimum absolute atomic E-state index is 0.249. The van der Waals surface area contributed by atoms with Gasteiger partial charge in [-0.2, -0.15) is 0 Å². The predicted octanol–water partition coefficient (Wildman–Crippen LogP) is 2.67. The molecule has 0 aliphatic heterocycles. The zero-order chi connectivity index (χ0) is 10.3. The third-order valence-electron chi connectivity index (χ3n) is 2.48. The highest BCUT2D eigenvalue weighted by molar-refractivity contribution is 6.31. The molecular formula is C10H8ClFO2. The lowest BCUT2D eigenvalue weighted by Crippen LogP contribution is -2.00. The van der Waals surface area contributed by atoms with Crippen molar-refractivity contribution in [1.29, 1.82) is 0 Å². The molecule has 1 aliphatic carbocycles. The zero-order valence-corrected chi connectivity index (χ0v) is 7.96. The minimum atomic E-state index is -0.880. The van der Waals surface area contributed by atoms with E-state index in [1.165, 1.54) is 12.1 Å². The van der Waals surface area contributed by atoms with Gasteiger partial charge in [0.1, 0.15) is 5.82 Å². The van der Waals surface area contributed by atoms with E-state index in [-0.39, 0.29) is 5.92 Å². The molecule has 0 aromatic heterocycles. The molecule has 4 heteroatoms. The smallest absolute Gasteiger partial charge is 0.307 e. The molecule has 0 amide bonds. The van der Waals surface area contributed by atoms with Crippen LogP contribution in [0.15, 0.2) is 18.2 Å². The van der Waals surface area contributed by atoms with Crippen LogP contribution < -0.4 is 0 Å². The summed E-state index contributed by atoms with van der Waals surface area (Å²) >= 11 is 5.80. The highest BCUT2D eigenvalue weighted by Gasteiger charge is 2.46. The molecule has 14 heavy (non-hydrogen) atoms. The van der Waals surface area contributed by atoms with E-state index in [2.05, 4.69) is 0 Å². The molecule has 2 rings (SSSR count). The van der Waals surface area contributed by atoms with Crippen molar-refractivity contribution in [1.82, 2.24) is 0 Å². The highest BCUT2D eigenvalue weighted by Crippen LogP contribution is 2.50. The van der Waals surface area contributed by atoms with E-state index in [1.54, 1.807) is 6.07 Å². The van der Waals surface area contributed by atoms with Gasteiger partial charge in [-0.1, -0.05) is 17.7 Å². The van der Waals surface area contributed by atoms with Crippen molar-refractivity contribution < 1.29 is 14.3 Å². The van der Waals surface area contributed by atoms with Gasteiger partial charge in [-0.3, -0.25) is 4.79 Å². The number of halogens is 2. The summed E-state index contributed by atoms with van der Waals surface area (Å²) in [5, 5.41) is 9.02. The Kier molecular flexibility index (Phi) is 2.19. The maximum Gasteiger partial charge on any atom is 0.307 e.